The van der Waals surface area contributed by atoms with E-state index >= 15 is 0 Å². The summed E-state index contributed by atoms with van der Waals surface area (Å²) in [5.41, 5.74) is 5.86. The monoisotopic (exact) mass is 217 g/mol. The van der Waals surface area contributed by atoms with E-state index in [1.807, 2.05) is 0 Å². The van der Waals surface area contributed by atoms with E-state index in [0.717, 1.165) is 12.1 Å². The Bertz CT molecular complexity index is 356. The van der Waals surface area contributed by atoms with Crippen molar-refractivity contribution in [3.8, 4) is 5.75 Å². The van der Waals surface area contributed by atoms with Crippen LogP contribution in [0.2, 0.25) is 0 Å². The van der Waals surface area contributed by atoms with Gasteiger partial charge in [0.1, 0.15) is 0 Å². The first-order valence-electron chi connectivity index (χ1n) is 3.73. The molecule has 0 heterocycles. The standard InChI is InChI=1S/C9H9F2NOS/c1-13-9-6(10)2-5(3-7(9)11)8(12)4-14/h2-4,14H,12H2,1H3/b8-4-. The van der Waals surface area contributed by atoms with E-state index in [1.165, 1.54) is 12.5 Å². The zero-order chi connectivity index (χ0) is 10.7. The Morgan fingerprint density at radius 1 is 1.43 bits per heavy atom. The average molecular weight is 217 g/mol. The molecule has 0 atom stereocenters. The summed E-state index contributed by atoms with van der Waals surface area (Å²) in [6, 6.07) is 2.17. The van der Waals surface area contributed by atoms with Gasteiger partial charge in [0.25, 0.3) is 0 Å². The predicted octanol–water partition coefficient (Wildman–Crippen LogP) is 2.16. The van der Waals surface area contributed by atoms with Crippen LogP contribution in [0.15, 0.2) is 17.5 Å². The smallest absolute Gasteiger partial charge is 0.190 e. The Kier molecular flexibility index (Phi) is 3.35. The second-order valence-electron chi connectivity index (χ2n) is 2.56. The summed E-state index contributed by atoms with van der Waals surface area (Å²) in [6.45, 7) is 0. The van der Waals surface area contributed by atoms with Crippen molar-refractivity contribution in [2.24, 2.45) is 5.73 Å². The van der Waals surface area contributed by atoms with Gasteiger partial charge in [0.2, 0.25) is 0 Å². The molecule has 1 aromatic carbocycles. The van der Waals surface area contributed by atoms with Crippen LogP contribution >= 0.6 is 12.6 Å². The highest BCUT2D eigenvalue weighted by Gasteiger charge is 2.11. The number of hydrogen-bond donors (Lipinski definition) is 2. The predicted molar refractivity (Wildman–Crippen MR) is 54.1 cm³/mol. The lowest BCUT2D eigenvalue weighted by Gasteiger charge is -2.06. The number of benzene rings is 1. The number of methoxy groups -OCH3 is 1. The summed E-state index contributed by atoms with van der Waals surface area (Å²) in [5, 5.41) is 1.26. The van der Waals surface area contributed by atoms with Crippen molar-refractivity contribution < 1.29 is 13.5 Å². The third-order valence-electron chi connectivity index (χ3n) is 1.67. The van der Waals surface area contributed by atoms with Gasteiger partial charge in [0.15, 0.2) is 17.4 Å². The van der Waals surface area contributed by atoms with Gasteiger partial charge in [-0.3, -0.25) is 0 Å². The maximum absolute atomic E-state index is 13.1. The van der Waals surface area contributed by atoms with Crippen molar-refractivity contribution in [2.75, 3.05) is 7.11 Å². The van der Waals surface area contributed by atoms with Crippen LogP contribution in [0.4, 0.5) is 8.78 Å². The number of rotatable bonds is 2. The van der Waals surface area contributed by atoms with E-state index < -0.39 is 17.4 Å². The van der Waals surface area contributed by atoms with Crippen molar-refractivity contribution in [3.63, 3.8) is 0 Å². The van der Waals surface area contributed by atoms with Gasteiger partial charge in [0, 0.05) is 11.3 Å². The molecule has 2 nitrogen and oxygen atoms in total. The van der Waals surface area contributed by atoms with Crippen LogP contribution in [0.1, 0.15) is 5.56 Å². The van der Waals surface area contributed by atoms with Crippen LogP contribution in [0, 0.1) is 11.6 Å². The summed E-state index contributed by atoms with van der Waals surface area (Å²) in [7, 11) is 1.19. The highest BCUT2D eigenvalue weighted by Crippen LogP contribution is 2.24. The molecule has 0 amide bonds. The van der Waals surface area contributed by atoms with Crippen LogP contribution in [0.5, 0.6) is 5.75 Å². The fraction of sp³-hybridized carbons (Fsp3) is 0.111. The minimum absolute atomic E-state index is 0.189. The van der Waals surface area contributed by atoms with Gasteiger partial charge < -0.3 is 10.5 Å². The van der Waals surface area contributed by atoms with Crippen LogP contribution in [-0.4, -0.2) is 7.11 Å². The molecular weight excluding hydrogens is 208 g/mol. The number of ether oxygens (including phenoxy) is 1. The third-order valence-corrected chi connectivity index (χ3v) is 1.95. The first kappa shape index (κ1) is 10.8. The SMILES string of the molecule is COc1c(F)cc(/C(N)=C/S)cc1F. The highest BCUT2D eigenvalue weighted by atomic mass is 32.1. The molecule has 14 heavy (non-hydrogen) atoms. The molecule has 0 aliphatic heterocycles. The highest BCUT2D eigenvalue weighted by molar-refractivity contribution is 7.83. The molecule has 0 aliphatic rings. The zero-order valence-electron chi connectivity index (χ0n) is 7.42. The lowest BCUT2D eigenvalue weighted by atomic mass is 10.1. The van der Waals surface area contributed by atoms with E-state index in [0.29, 0.717) is 0 Å². The van der Waals surface area contributed by atoms with Crippen molar-refractivity contribution in [2.45, 2.75) is 0 Å². The molecular formula is C9H9F2NOS. The molecule has 1 aromatic rings. The van der Waals surface area contributed by atoms with Crippen LogP contribution in [0.3, 0.4) is 0 Å². The molecule has 0 aromatic heterocycles. The molecule has 0 aliphatic carbocycles. The van der Waals surface area contributed by atoms with E-state index in [-0.39, 0.29) is 11.3 Å². The molecule has 5 heteroatoms. The Labute approximate surface area is 85.8 Å². The second kappa shape index (κ2) is 4.32. The maximum Gasteiger partial charge on any atom is 0.190 e. The fourth-order valence-electron chi connectivity index (χ4n) is 0.996. The minimum atomic E-state index is -0.791. The van der Waals surface area contributed by atoms with Gasteiger partial charge in [0.05, 0.1) is 7.11 Å². The number of thiol groups is 1. The number of halogens is 2. The first-order valence-corrected chi connectivity index (χ1v) is 4.25. The van der Waals surface area contributed by atoms with Crippen molar-refractivity contribution >= 4 is 18.3 Å². The molecule has 2 N–H and O–H groups in total. The van der Waals surface area contributed by atoms with Crippen LogP contribution < -0.4 is 10.5 Å². The topological polar surface area (TPSA) is 35.2 Å². The zero-order valence-corrected chi connectivity index (χ0v) is 8.32. The van der Waals surface area contributed by atoms with E-state index in [9.17, 15) is 8.78 Å². The quantitative estimate of drug-likeness (QED) is 0.744. The second-order valence-corrected chi connectivity index (χ2v) is 2.82. The summed E-state index contributed by atoms with van der Waals surface area (Å²) in [4.78, 5) is 0. The number of nitrogens with two attached hydrogens (primary N) is 1. The molecule has 0 saturated carbocycles. The largest absolute Gasteiger partial charge is 0.491 e. The summed E-state index contributed by atoms with van der Waals surface area (Å²) in [6.07, 6.45) is 0. The molecule has 76 valence electrons. The Morgan fingerprint density at radius 2 is 1.93 bits per heavy atom. The summed E-state index contributed by atoms with van der Waals surface area (Å²) < 4.78 is 30.8. The van der Waals surface area contributed by atoms with Gasteiger partial charge in [-0.15, -0.1) is 12.6 Å². The Hall–Kier alpha value is -1.23. The molecule has 1 rings (SSSR count). The number of hydrogen-bond acceptors (Lipinski definition) is 3. The third kappa shape index (κ3) is 1.98. The van der Waals surface area contributed by atoms with Gasteiger partial charge in [-0.25, -0.2) is 8.78 Å². The minimum Gasteiger partial charge on any atom is -0.491 e. The first-order chi connectivity index (χ1) is 6.60. The van der Waals surface area contributed by atoms with Crippen molar-refractivity contribution in [1.82, 2.24) is 0 Å². The van der Waals surface area contributed by atoms with Gasteiger partial charge in [-0.05, 0) is 17.5 Å². The lowest BCUT2D eigenvalue weighted by molar-refractivity contribution is 0.359. The maximum atomic E-state index is 13.1. The Balaban J connectivity index is 3.27. The van der Waals surface area contributed by atoms with Crippen LogP contribution in [0.25, 0.3) is 5.70 Å². The average Bonchev–Trinajstić information content (AvgIpc) is 2.16. The molecule has 0 bridgehead atoms. The van der Waals surface area contributed by atoms with Gasteiger partial charge in [-0.1, -0.05) is 0 Å². The van der Waals surface area contributed by atoms with Gasteiger partial charge >= 0.3 is 0 Å². The van der Waals surface area contributed by atoms with Crippen LogP contribution in [-0.2, 0) is 0 Å². The summed E-state index contributed by atoms with van der Waals surface area (Å²) >= 11 is 3.78. The molecule has 0 fully saturated rings. The molecule has 0 unspecified atom stereocenters. The fourth-order valence-corrected chi connectivity index (χ4v) is 1.15. The van der Waals surface area contributed by atoms with E-state index in [4.69, 9.17) is 5.73 Å². The molecule has 0 radical (unpaired) electrons. The normalized spacial score (nSPS) is 11.6. The van der Waals surface area contributed by atoms with E-state index in [1.54, 1.807) is 0 Å². The molecule has 0 spiro atoms. The Morgan fingerprint density at radius 3 is 2.29 bits per heavy atom. The summed E-state index contributed by atoms with van der Waals surface area (Å²) in [5.74, 6) is -2.00. The van der Waals surface area contributed by atoms with Crippen molar-refractivity contribution in [1.29, 1.82) is 0 Å². The van der Waals surface area contributed by atoms with Gasteiger partial charge in [-0.2, -0.15) is 0 Å². The molecule has 0 saturated heterocycles. The van der Waals surface area contributed by atoms with E-state index in [2.05, 4.69) is 17.4 Å². The van der Waals surface area contributed by atoms with Crippen molar-refractivity contribution in [3.05, 3.63) is 34.7 Å². The lowest BCUT2D eigenvalue weighted by Crippen LogP contribution is -1.99.